The predicted molar refractivity (Wildman–Crippen MR) is 83.8 cm³/mol. The van der Waals surface area contributed by atoms with Crippen LogP contribution in [0.25, 0.3) is 0 Å². The van der Waals surface area contributed by atoms with E-state index in [1.807, 2.05) is 13.0 Å². The van der Waals surface area contributed by atoms with E-state index in [4.69, 9.17) is 11.6 Å². The molecule has 0 spiro atoms. The maximum absolute atomic E-state index is 12.2. The molecule has 5 heteroatoms. The van der Waals surface area contributed by atoms with E-state index in [1.165, 1.54) is 17.4 Å². The number of nitrogens with one attached hydrogen (secondary N) is 2. The van der Waals surface area contributed by atoms with Gasteiger partial charge in [0.2, 0.25) is 0 Å². The number of pyridine rings is 1. The molecule has 0 fully saturated rings. The highest BCUT2D eigenvalue weighted by molar-refractivity contribution is 6.29. The first-order valence-electron chi connectivity index (χ1n) is 6.92. The minimum absolute atomic E-state index is 0.0564. The van der Waals surface area contributed by atoms with E-state index in [0.29, 0.717) is 10.7 Å². The van der Waals surface area contributed by atoms with Gasteiger partial charge in [0.1, 0.15) is 5.15 Å². The molecule has 21 heavy (non-hydrogen) atoms. The van der Waals surface area contributed by atoms with Gasteiger partial charge in [0, 0.05) is 18.4 Å². The largest absolute Gasteiger partial charge is 0.384 e. The SMILES string of the molecule is CC(NC(=O)c1ccc(Cl)nc1)c1ccc2c(c1)CCN2. The summed E-state index contributed by atoms with van der Waals surface area (Å²) in [5.41, 5.74) is 4.11. The van der Waals surface area contributed by atoms with Gasteiger partial charge in [-0.1, -0.05) is 23.7 Å². The van der Waals surface area contributed by atoms with Crippen LogP contribution in [-0.2, 0) is 6.42 Å². The number of hydrogen-bond donors (Lipinski definition) is 2. The summed E-state index contributed by atoms with van der Waals surface area (Å²) in [7, 11) is 0. The van der Waals surface area contributed by atoms with Gasteiger partial charge in [0.15, 0.2) is 0 Å². The minimum Gasteiger partial charge on any atom is -0.384 e. The molecule has 4 nitrogen and oxygen atoms in total. The average molecular weight is 302 g/mol. The predicted octanol–water partition coefficient (Wildman–Crippen LogP) is 3.19. The van der Waals surface area contributed by atoms with E-state index in [-0.39, 0.29) is 11.9 Å². The zero-order valence-electron chi connectivity index (χ0n) is 11.7. The molecule has 1 amide bonds. The third kappa shape index (κ3) is 3.00. The van der Waals surface area contributed by atoms with Crippen molar-refractivity contribution in [1.29, 1.82) is 0 Å². The lowest BCUT2D eigenvalue weighted by atomic mass is 10.0. The Hall–Kier alpha value is -2.07. The Morgan fingerprint density at radius 3 is 3.00 bits per heavy atom. The molecule has 0 aliphatic carbocycles. The van der Waals surface area contributed by atoms with Crippen molar-refractivity contribution < 1.29 is 4.79 Å². The number of aromatic nitrogens is 1. The Morgan fingerprint density at radius 1 is 1.38 bits per heavy atom. The van der Waals surface area contributed by atoms with Crippen LogP contribution in [0.5, 0.6) is 0 Å². The lowest BCUT2D eigenvalue weighted by Gasteiger charge is -2.15. The van der Waals surface area contributed by atoms with E-state index >= 15 is 0 Å². The van der Waals surface area contributed by atoms with Gasteiger partial charge in [0.25, 0.3) is 5.91 Å². The fraction of sp³-hybridized carbons (Fsp3) is 0.250. The second kappa shape index (κ2) is 5.74. The highest BCUT2D eigenvalue weighted by Gasteiger charge is 2.15. The number of carbonyl (C=O) groups excluding carboxylic acids is 1. The van der Waals surface area contributed by atoms with Crippen molar-refractivity contribution in [3.63, 3.8) is 0 Å². The van der Waals surface area contributed by atoms with E-state index in [2.05, 4.69) is 27.8 Å². The fourth-order valence-electron chi connectivity index (χ4n) is 2.47. The Morgan fingerprint density at radius 2 is 2.24 bits per heavy atom. The Kier molecular flexibility index (Phi) is 3.80. The summed E-state index contributed by atoms with van der Waals surface area (Å²) in [6.07, 6.45) is 2.52. The molecule has 1 atom stereocenters. The lowest BCUT2D eigenvalue weighted by molar-refractivity contribution is 0.0939. The highest BCUT2D eigenvalue weighted by Crippen LogP contribution is 2.25. The number of carbonyl (C=O) groups is 1. The summed E-state index contributed by atoms with van der Waals surface area (Å²) in [6, 6.07) is 9.50. The van der Waals surface area contributed by atoms with Gasteiger partial charge >= 0.3 is 0 Å². The summed E-state index contributed by atoms with van der Waals surface area (Å²) in [5, 5.41) is 6.69. The van der Waals surface area contributed by atoms with Crippen LogP contribution in [0.3, 0.4) is 0 Å². The molecule has 1 aromatic heterocycles. The number of amides is 1. The molecule has 3 rings (SSSR count). The van der Waals surface area contributed by atoms with Crippen molar-refractivity contribution in [2.24, 2.45) is 0 Å². The molecule has 2 heterocycles. The molecule has 0 bridgehead atoms. The third-order valence-corrected chi connectivity index (χ3v) is 3.90. The fourth-order valence-corrected chi connectivity index (χ4v) is 2.58. The van der Waals surface area contributed by atoms with Crippen LogP contribution in [0.1, 0.15) is 34.5 Å². The molecule has 0 saturated heterocycles. The topological polar surface area (TPSA) is 54.0 Å². The van der Waals surface area contributed by atoms with E-state index in [9.17, 15) is 4.79 Å². The number of fused-ring (bicyclic) bond motifs is 1. The van der Waals surface area contributed by atoms with E-state index < -0.39 is 0 Å². The number of hydrogen-bond acceptors (Lipinski definition) is 3. The van der Waals surface area contributed by atoms with Crippen LogP contribution in [0.4, 0.5) is 5.69 Å². The molecule has 1 unspecified atom stereocenters. The molecule has 1 aliphatic heterocycles. The van der Waals surface area contributed by atoms with Crippen LogP contribution >= 0.6 is 11.6 Å². The van der Waals surface area contributed by atoms with Gasteiger partial charge in [0.05, 0.1) is 11.6 Å². The number of halogens is 1. The quantitative estimate of drug-likeness (QED) is 0.856. The number of rotatable bonds is 3. The number of nitrogens with zero attached hydrogens (tertiary/aromatic N) is 1. The number of benzene rings is 1. The van der Waals surface area contributed by atoms with Crippen LogP contribution in [-0.4, -0.2) is 17.4 Å². The Balaban J connectivity index is 1.72. The lowest BCUT2D eigenvalue weighted by Crippen LogP contribution is -2.26. The van der Waals surface area contributed by atoms with Crippen molar-refractivity contribution >= 4 is 23.2 Å². The van der Waals surface area contributed by atoms with Crippen LogP contribution in [0.15, 0.2) is 36.5 Å². The summed E-state index contributed by atoms with van der Waals surface area (Å²) in [5.74, 6) is -0.148. The molecular weight excluding hydrogens is 286 g/mol. The first kappa shape index (κ1) is 13.9. The van der Waals surface area contributed by atoms with Gasteiger partial charge in [-0.15, -0.1) is 0 Å². The molecule has 2 aromatic rings. The molecular formula is C16H16ClN3O. The summed E-state index contributed by atoms with van der Waals surface area (Å²) >= 11 is 5.72. The maximum Gasteiger partial charge on any atom is 0.253 e. The third-order valence-electron chi connectivity index (χ3n) is 3.68. The number of anilines is 1. The van der Waals surface area contributed by atoms with Crippen LogP contribution in [0, 0.1) is 0 Å². The minimum atomic E-state index is -0.148. The molecule has 1 aromatic carbocycles. The van der Waals surface area contributed by atoms with Gasteiger partial charge in [-0.3, -0.25) is 4.79 Å². The van der Waals surface area contributed by atoms with Crippen molar-refractivity contribution in [3.05, 3.63) is 58.4 Å². The van der Waals surface area contributed by atoms with Crippen molar-refractivity contribution in [3.8, 4) is 0 Å². The Bertz CT molecular complexity index is 670. The van der Waals surface area contributed by atoms with Crippen molar-refractivity contribution in [2.75, 3.05) is 11.9 Å². The van der Waals surface area contributed by atoms with Crippen molar-refractivity contribution in [1.82, 2.24) is 10.3 Å². The van der Waals surface area contributed by atoms with Crippen LogP contribution in [0.2, 0.25) is 5.15 Å². The zero-order chi connectivity index (χ0) is 14.8. The highest BCUT2D eigenvalue weighted by atomic mass is 35.5. The van der Waals surface area contributed by atoms with Crippen molar-refractivity contribution in [2.45, 2.75) is 19.4 Å². The average Bonchev–Trinajstić information content (AvgIpc) is 2.95. The first-order valence-corrected chi connectivity index (χ1v) is 7.30. The molecule has 0 saturated carbocycles. The van der Waals surface area contributed by atoms with Gasteiger partial charge in [-0.05, 0) is 42.7 Å². The monoisotopic (exact) mass is 301 g/mol. The maximum atomic E-state index is 12.2. The van der Waals surface area contributed by atoms with Gasteiger partial charge in [-0.25, -0.2) is 4.98 Å². The summed E-state index contributed by atoms with van der Waals surface area (Å²) in [4.78, 5) is 16.1. The normalized spacial score (nSPS) is 14.2. The molecule has 1 aliphatic rings. The van der Waals surface area contributed by atoms with E-state index in [0.717, 1.165) is 18.5 Å². The molecule has 108 valence electrons. The second-order valence-electron chi connectivity index (χ2n) is 5.16. The summed E-state index contributed by atoms with van der Waals surface area (Å²) in [6.45, 7) is 2.96. The smallest absolute Gasteiger partial charge is 0.253 e. The summed E-state index contributed by atoms with van der Waals surface area (Å²) < 4.78 is 0. The zero-order valence-corrected chi connectivity index (χ0v) is 12.4. The molecule has 2 N–H and O–H groups in total. The second-order valence-corrected chi connectivity index (χ2v) is 5.55. The first-order chi connectivity index (χ1) is 10.1. The van der Waals surface area contributed by atoms with E-state index in [1.54, 1.807) is 12.1 Å². The Labute approximate surface area is 128 Å². The standard InChI is InChI=1S/C16H16ClN3O/c1-10(11-2-4-14-12(8-11)6-7-18-14)20-16(21)13-3-5-15(17)19-9-13/h2-5,8-10,18H,6-7H2,1H3,(H,20,21). The van der Waals surface area contributed by atoms with Gasteiger partial charge < -0.3 is 10.6 Å². The van der Waals surface area contributed by atoms with Gasteiger partial charge in [-0.2, -0.15) is 0 Å². The van der Waals surface area contributed by atoms with Crippen LogP contribution < -0.4 is 10.6 Å². The molecule has 0 radical (unpaired) electrons.